The Bertz CT molecular complexity index is 578. The van der Waals surface area contributed by atoms with Crippen molar-refractivity contribution in [3.05, 3.63) is 58.6 Å². The van der Waals surface area contributed by atoms with Crippen molar-refractivity contribution in [3.63, 3.8) is 0 Å². The second-order valence-corrected chi connectivity index (χ2v) is 4.85. The van der Waals surface area contributed by atoms with E-state index in [1.165, 1.54) is 0 Å². The number of phenolic OH excluding ortho intramolecular Hbond substituents is 1. The Kier molecular flexibility index (Phi) is 4.45. The monoisotopic (exact) mass is 297 g/mol. The van der Waals surface area contributed by atoms with E-state index in [0.29, 0.717) is 6.42 Å². The summed E-state index contributed by atoms with van der Waals surface area (Å²) in [5.74, 6) is -1.28. The molecule has 0 spiro atoms. The van der Waals surface area contributed by atoms with Gasteiger partial charge in [0, 0.05) is 6.07 Å². The molecule has 0 aliphatic carbocycles. The summed E-state index contributed by atoms with van der Waals surface area (Å²) in [6, 6.07) is 8.27. The van der Waals surface area contributed by atoms with E-state index >= 15 is 0 Å². The largest absolute Gasteiger partial charge is 0.508 e. The predicted molar refractivity (Wildman–Crippen MR) is 76.1 cm³/mol. The average molecular weight is 298 g/mol. The van der Waals surface area contributed by atoms with Gasteiger partial charge in [0.1, 0.15) is 11.6 Å². The van der Waals surface area contributed by atoms with Crippen molar-refractivity contribution >= 4 is 17.3 Å². The third kappa shape index (κ3) is 3.20. The van der Waals surface area contributed by atoms with E-state index in [1.807, 2.05) is 6.92 Å². The van der Waals surface area contributed by atoms with Crippen LogP contribution in [0.1, 0.15) is 24.9 Å². The molecule has 2 rings (SSSR count). The summed E-state index contributed by atoms with van der Waals surface area (Å²) in [5.41, 5.74) is 0.957. The predicted octanol–water partition coefficient (Wildman–Crippen LogP) is 4.89. The lowest BCUT2D eigenvalue weighted by atomic mass is 10.0. The smallest absolute Gasteiger partial charge is 0.150 e. The molecule has 2 aromatic rings. The summed E-state index contributed by atoms with van der Waals surface area (Å²) in [4.78, 5) is 0. The minimum Gasteiger partial charge on any atom is -0.508 e. The number of aromatic hydroxyl groups is 1. The molecule has 2 N–H and O–H groups in total. The van der Waals surface area contributed by atoms with Gasteiger partial charge in [-0.15, -0.1) is 0 Å². The molecule has 0 amide bonds. The Morgan fingerprint density at radius 2 is 1.85 bits per heavy atom. The zero-order valence-corrected chi connectivity index (χ0v) is 11.6. The molecule has 20 heavy (non-hydrogen) atoms. The molecule has 1 atom stereocenters. The topological polar surface area (TPSA) is 32.3 Å². The van der Waals surface area contributed by atoms with Gasteiger partial charge in [-0.3, -0.25) is 0 Å². The van der Waals surface area contributed by atoms with Gasteiger partial charge in [-0.25, -0.2) is 8.78 Å². The van der Waals surface area contributed by atoms with Crippen LogP contribution in [0.3, 0.4) is 0 Å². The van der Waals surface area contributed by atoms with Crippen LogP contribution in [-0.4, -0.2) is 5.11 Å². The quantitative estimate of drug-likeness (QED) is 0.842. The van der Waals surface area contributed by atoms with Crippen molar-refractivity contribution in [2.75, 3.05) is 5.32 Å². The first kappa shape index (κ1) is 14.6. The number of anilines is 1. The van der Waals surface area contributed by atoms with E-state index in [9.17, 15) is 13.9 Å². The number of hydrogen-bond donors (Lipinski definition) is 2. The Balaban J connectivity index is 2.29. The molecule has 0 saturated heterocycles. The number of rotatable bonds is 4. The van der Waals surface area contributed by atoms with Gasteiger partial charge < -0.3 is 10.4 Å². The average Bonchev–Trinajstić information content (AvgIpc) is 2.39. The Morgan fingerprint density at radius 1 is 1.20 bits per heavy atom. The van der Waals surface area contributed by atoms with E-state index in [1.54, 1.807) is 24.3 Å². The molecule has 0 radical (unpaired) electrons. The highest BCUT2D eigenvalue weighted by Crippen LogP contribution is 2.31. The fraction of sp³-hybridized carbons (Fsp3) is 0.200. The van der Waals surface area contributed by atoms with E-state index in [-0.39, 0.29) is 22.5 Å². The van der Waals surface area contributed by atoms with E-state index in [0.717, 1.165) is 17.7 Å². The van der Waals surface area contributed by atoms with Crippen LogP contribution in [-0.2, 0) is 0 Å². The first-order chi connectivity index (χ1) is 9.51. The van der Waals surface area contributed by atoms with Gasteiger partial charge in [0.25, 0.3) is 0 Å². The Labute approximate surface area is 121 Å². The van der Waals surface area contributed by atoms with Crippen molar-refractivity contribution in [1.29, 1.82) is 0 Å². The third-order valence-corrected chi connectivity index (χ3v) is 3.33. The van der Waals surface area contributed by atoms with Gasteiger partial charge in [-0.1, -0.05) is 30.7 Å². The Morgan fingerprint density at radius 3 is 2.40 bits per heavy atom. The van der Waals surface area contributed by atoms with Gasteiger partial charge in [0.2, 0.25) is 0 Å². The molecule has 1 unspecified atom stereocenters. The van der Waals surface area contributed by atoms with Gasteiger partial charge in [-0.2, -0.15) is 0 Å². The molecule has 0 saturated carbocycles. The van der Waals surface area contributed by atoms with Crippen LogP contribution in [0.25, 0.3) is 0 Å². The summed E-state index contributed by atoms with van der Waals surface area (Å²) in [7, 11) is 0. The van der Waals surface area contributed by atoms with E-state index < -0.39 is 11.6 Å². The number of benzene rings is 2. The highest BCUT2D eigenvalue weighted by Gasteiger charge is 2.15. The molecule has 0 aliphatic heterocycles. The normalized spacial score (nSPS) is 12.2. The van der Waals surface area contributed by atoms with Crippen molar-refractivity contribution in [2.24, 2.45) is 0 Å². The standard InChI is InChI=1S/C15H14ClF2NO/c1-2-14(9-3-5-11(20)6-4-9)19-15-12(16)7-10(17)8-13(15)18/h3-8,14,19-20H,2H2,1H3. The molecule has 2 nitrogen and oxygen atoms in total. The summed E-state index contributed by atoms with van der Waals surface area (Å²) >= 11 is 5.87. The number of nitrogens with one attached hydrogen (secondary N) is 1. The van der Waals surface area contributed by atoms with Gasteiger partial charge >= 0.3 is 0 Å². The highest BCUT2D eigenvalue weighted by molar-refractivity contribution is 6.33. The molecule has 0 fully saturated rings. The number of phenols is 1. The molecule has 0 aliphatic rings. The van der Waals surface area contributed by atoms with Crippen LogP contribution in [0.4, 0.5) is 14.5 Å². The van der Waals surface area contributed by atoms with Crippen LogP contribution in [0, 0.1) is 11.6 Å². The molecular weight excluding hydrogens is 284 g/mol. The molecule has 0 heterocycles. The lowest BCUT2D eigenvalue weighted by Gasteiger charge is -2.20. The van der Waals surface area contributed by atoms with E-state index in [4.69, 9.17) is 11.6 Å². The van der Waals surface area contributed by atoms with Crippen LogP contribution in [0.15, 0.2) is 36.4 Å². The minimum atomic E-state index is -0.729. The molecule has 0 bridgehead atoms. The fourth-order valence-electron chi connectivity index (χ4n) is 1.98. The fourth-order valence-corrected chi connectivity index (χ4v) is 2.23. The van der Waals surface area contributed by atoms with Gasteiger partial charge in [-0.05, 0) is 30.2 Å². The first-order valence-corrected chi connectivity index (χ1v) is 6.59. The van der Waals surface area contributed by atoms with Crippen LogP contribution in [0.2, 0.25) is 5.02 Å². The van der Waals surface area contributed by atoms with Gasteiger partial charge in [0.15, 0.2) is 5.82 Å². The second-order valence-electron chi connectivity index (χ2n) is 4.44. The maximum absolute atomic E-state index is 13.8. The van der Waals surface area contributed by atoms with Crippen LogP contribution >= 0.6 is 11.6 Å². The zero-order valence-electron chi connectivity index (χ0n) is 10.8. The van der Waals surface area contributed by atoms with Crippen LogP contribution < -0.4 is 5.32 Å². The van der Waals surface area contributed by atoms with Gasteiger partial charge in [0.05, 0.1) is 16.8 Å². The number of halogens is 3. The van der Waals surface area contributed by atoms with Crippen molar-refractivity contribution in [2.45, 2.75) is 19.4 Å². The highest BCUT2D eigenvalue weighted by atomic mass is 35.5. The second kappa shape index (κ2) is 6.09. The summed E-state index contributed by atoms with van der Waals surface area (Å²) < 4.78 is 26.8. The maximum atomic E-state index is 13.8. The maximum Gasteiger partial charge on any atom is 0.150 e. The van der Waals surface area contributed by atoms with E-state index in [2.05, 4.69) is 5.32 Å². The van der Waals surface area contributed by atoms with Crippen molar-refractivity contribution in [3.8, 4) is 5.75 Å². The number of hydrogen-bond acceptors (Lipinski definition) is 2. The molecule has 2 aromatic carbocycles. The molecule has 106 valence electrons. The molecular formula is C15H14ClF2NO. The molecule has 0 aromatic heterocycles. The van der Waals surface area contributed by atoms with Crippen molar-refractivity contribution < 1.29 is 13.9 Å². The summed E-state index contributed by atoms with van der Waals surface area (Å²) in [6.07, 6.45) is 0.678. The SMILES string of the molecule is CCC(Nc1c(F)cc(F)cc1Cl)c1ccc(O)cc1. The lowest BCUT2D eigenvalue weighted by Crippen LogP contribution is -2.11. The van der Waals surface area contributed by atoms with Crippen LogP contribution in [0.5, 0.6) is 5.75 Å². The lowest BCUT2D eigenvalue weighted by molar-refractivity contribution is 0.475. The van der Waals surface area contributed by atoms with Crippen molar-refractivity contribution in [1.82, 2.24) is 0 Å². The Hall–Kier alpha value is -1.81. The summed E-state index contributed by atoms with van der Waals surface area (Å²) in [6.45, 7) is 1.93. The minimum absolute atomic E-state index is 0.000252. The third-order valence-electron chi connectivity index (χ3n) is 3.03. The zero-order chi connectivity index (χ0) is 14.7. The summed E-state index contributed by atoms with van der Waals surface area (Å²) in [5, 5.41) is 12.2. The first-order valence-electron chi connectivity index (χ1n) is 6.21. The molecule has 5 heteroatoms.